The van der Waals surface area contributed by atoms with Gasteiger partial charge in [-0.15, -0.1) is 0 Å². The van der Waals surface area contributed by atoms with Crippen molar-refractivity contribution in [3.8, 4) is 0 Å². The van der Waals surface area contributed by atoms with Gasteiger partial charge in [-0.1, -0.05) is 32.6 Å². The van der Waals surface area contributed by atoms with Crippen LogP contribution in [0.15, 0.2) is 18.3 Å². The van der Waals surface area contributed by atoms with Crippen molar-refractivity contribution in [1.82, 2.24) is 10.3 Å². The molecule has 1 aromatic heterocycles. The third-order valence-electron chi connectivity index (χ3n) is 3.06. The van der Waals surface area contributed by atoms with Crippen LogP contribution in [0.4, 0.5) is 5.82 Å². The maximum Gasteiger partial charge on any atom is 0.255 e. The van der Waals surface area contributed by atoms with Crippen molar-refractivity contribution in [1.29, 1.82) is 0 Å². The number of pyridine rings is 1. The zero-order chi connectivity index (χ0) is 14.1. The van der Waals surface area contributed by atoms with E-state index in [0.717, 1.165) is 12.8 Å². The van der Waals surface area contributed by atoms with Gasteiger partial charge >= 0.3 is 0 Å². The normalized spacial score (nSPS) is 11.9. The lowest BCUT2D eigenvalue weighted by atomic mass is 10.1. The van der Waals surface area contributed by atoms with Crippen LogP contribution in [0.5, 0.6) is 0 Å². The van der Waals surface area contributed by atoms with Gasteiger partial charge in [0.15, 0.2) is 5.82 Å². The van der Waals surface area contributed by atoms with Crippen molar-refractivity contribution in [2.75, 3.05) is 5.43 Å². The van der Waals surface area contributed by atoms with E-state index in [1.165, 1.54) is 19.3 Å². The van der Waals surface area contributed by atoms with Gasteiger partial charge < -0.3 is 10.7 Å². The van der Waals surface area contributed by atoms with Crippen LogP contribution in [0.3, 0.4) is 0 Å². The van der Waals surface area contributed by atoms with Gasteiger partial charge in [0.2, 0.25) is 0 Å². The van der Waals surface area contributed by atoms with Gasteiger partial charge in [0.1, 0.15) is 0 Å². The summed E-state index contributed by atoms with van der Waals surface area (Å²) in [7, 11) is 0. The summed E-state index contributed by atoms with van der Waals surface area (Å²) in [6.45, 7) is 4.21. The molecule has 1 heterocycles. The molecule has 0 fully saturated rings. The van der Waals surface area contributed by atoms with Crippen molar-refractivity contribution >= 4 is 11.7 Å². The number of nitrogens with zero attached hydrogens (tertiary/aromatic N) is 1. The maximum atomic E-state index is 12.1. The number of anilines is 1. The fraction of sp³-hybridized carbons (Fsp3) is 0.571. The van der Waals surface area contributed by atoms with E-state index in [1.54, 1.807) is 18.3 Å². The van der Waals surface area contributed by atoms with Gasteiger partial charge in [-0.2, -0.15) is 0 Å². The van der Waals surface area contributed by atoms with Gasteiger partial charge in [-0.3, -0.25) is 4.79 Å². The molecule has 1 amide bonds. The first-order valence-electron chi connectivity index (χ1n) is 6.91. The van der Waals surface area contributed by atoms with E-state index in [4.69, 9.17) is 5.84 Å². The van der Waals surface area contributed by atoms with Crippen molar-refractivity contribution in [2.45, 2.75) is 52.0 Å². The van der Waals surface area contributed by atoms with Crippen LogP contribution in [0.1, 0.15) is 56.3 Å². The molecule has 1 atom stereocenters. The Labute approximate surface area is 115 Å². The molecule has 0 saturated heterocycles. The molecule has 0 bridgehead atoms. The molecule has 1 aromatic rings. The van der Waals surface area contributed by atoms with Gasteiger partial charge in [-0.05, 0) is 25.5 Å². The molecule has 1 rings (SSSR count). The summed E-state index contributed by atoms with van der Waals surface area (Å²) in [5.41, 5.74) is 2.91. The van der Waals surface area contributed by atoms with Crippen LogP contribution in [0, 0.1) is 0 Å². The first-order valence-corrected chi connectivity index (χ1v) is 6.91. The standard InChI is InChI=1S/C14H24N4O/c1-3-4-5-6-8-11(2)17-14(19)12-9-7-10-16-13(12)18-15/h7,9-11H,3-6,8,15H2,1-2H3,(H,16,18)(H,17,19). The minimum Gasteiger partial charge on any atom is -0.349 e. The largest absolute Gasteiger partial charge is 0.349 e. The average molecular weight is 264 g/mol. The van der Waals surface area contributed by atoms with Crippen molar-refractivity contribution in [2.24, 2.45) is 5.84 Å². The van der Waals surface area contributed by atoms with Crippen LogP contribution in [-0.4, -0.2) is 16.9 Å². The zero-order valence-electron chi connectivity index (χ0n) is 11.8. The molecule has 0 saturated carbocycles. The Morgan fingerprint density at radius 3 is 2.89 bits per heavy atom. The molecule has 1 unspecified atom stereocenters. The monoisotopic (exact) mass is 264 g/mol. The number of unbranched alkanes of at least 4 members (excludes halogenated alkanes) is 3. The van der Waals surface area contributed by atoms with Gasteiger partial charge in [-0.25, -0.2) is 10.8 Å². The van der Waals surface area contributed by atoms with Crippen molar-refractivity contribution < 1.29 is 4.79 Å². The highest BCUT2D eigenvalue weighted by Crippen LogP contribution is 2.11. The molecule has 0 aliphatic rings. The lowest BCUT2D eigenvalue weighted by Crippen LogP contribution is -2.33. The molecule has 0 radical (unpaired) electrons. The Morgan fingerprint density at radius 1 is 1.42 bits per heavy atom. The quantitative estimate of drug-likeness (QED) is 0.383. The first kappa shape index (κ1) is 15.4. The second-order valence-electron chi connectivity index (χ2n) is 4.77. The second-order valence-corrected chi connectivity index (χ2v) is 4.77. The summed E-state index contributed by atoms with van der Waals surface area (Å²) >= 11 is 0. The first-order chi connectivity index (χ1) is 9.19. The Bertz CT molecular complexity index is 395. The highest BCUT2D eigenvalue weighted by Gasteiger charge is 2.13. The Kier molecular flexibility index (Phi) is 6.89. The number of carbonyl (C=O) groups is 1. The number of amides is 1. The highest BCUT2D eigenvalue weighted by atomic mass is 16.1. The summed E-state index contributed by atoms with van der Waals surface area (Å²) in [6, 6.07) is 3.60. The molecular weight excluding hydrogens is 240 g/mol. The van der Waals surface area contributed by atoms with Gasteiger partial charge in [0, 0.05) is 12.2 Å². The molecule has 4 N–H and O–H groups in total. The fourth-order valence-electron chi connectivity index (χ4n) is 1.95. The highest BCUT2D eigenvalue weighted by molar-refractivity contribution is 5.98. The third-order valence-corrected chi connectivity index (χ3v) is 3.06. The van der Waals surface area contributed by atoms with Crippen LogP contribution in [0.2, 0.25) is 0 Å². The Balaban J connectivity index is 2.45. The molecule has 0 spiro atoms. The third kappa shape index (κ3) is 5.26. The average Bonchev–Trinajstić information content (AvgIpc) is 2.43. The molecule has 106 valence electrons. The minimum atomic E-state index is -0.135. The topological polar surface area (TPSA) is 80.0 Å². The number of rotatable bonds is 8. The number of aromatic nitrogens is 1. The van der Waals surface area contributed by atoms with E-state index < -0.39 is 0 Å². The second kappa shape index (κ2) is 8.48. The van der Waals surface area contributed by atoms with Crippen LogP contribution < -0.4 is 16.6 Å². The maximum absolute atomic E-state index is 12.1. The number of nitrogens with one attached hydrogen (secondary N) is 2. The number of nitrogen functional groups attached to an aromatic ring is 1. The van der Waals surface area contributed by atoms with E-state index in [0.29, 0.717) is 11.4 Å². The number of hydrogen-bond donors (Lipinski definition) is 3. The number of hydrogen-bond acceptors (Lipinski definition) is 4. The summed E-state index contributed by atoms with van der Waals surface area (Å²) in [5.74, 6) is 5.61. The summed E-state index contributed by atoms with van der Waals surface area (Å²) in [5, 5.41) is 2.97. The summed E-state index contributed by atoms with van der Waals surface area (Å²) in [6.07, 6.45) is 7.44. The number of nitrogens with two attached hydrogens (primary N) is 1. The lowest BCUT2D eigenvalue weighted by molar-refractivity contribution is 0.0938. The van der Waals surface area contributed by atoms with E-state index in [1.807, 2.05) is 6.92 Å². The Hall–Kier alpha value is -1.62. The molecule has 19 heavy (non-hydrogen) atoms. The summed E-state index contributed by atoms with van der Waals surface area (Å²) in [4.78, 5) is 16.1. The lowest BCUT2D eigenvalue weighted by Gasteiger charge is -2.15. The van der Waals surface area contributed by atoms with Crippen LogP contribution >= 0.6 is 0 Å². The fourth-order valence-corrected chi connectivity index (χ4v) is 1.95. The van der Waals surface area contributed by atoms with Crippen LogP contribution in [0.25, 0.3) is 0 Å². The zero-order valence-corrected chi connectivity index (χ0v) is 11.8. The Morgan fingerprint density at radius 2 is 2.21 bits per heavy atom. The number of carbonyl (C=O) groups excluding carboxylic acids is 1. The smallest absolute Gasteiger partial charge is 0.255 e. The molecule has 0 aliphatic heterocycles. The SMILES string of the molecule is CCCCCCC(C)NC(=O)c1cccnc1NN. The van der Waals surface area contributed by atoms with Crippen molar-refractivity contribution in [3.63, 3.8) is 0 Å². The predicted octanol–water partition coefficient (Wildman–Crippen LogP) is 2.46. The van der Waals surface area contributed by atoms with Crippen molar-refractivity contribution in [3.05, 3.63) is 23.9 Å². The minimum absolute atomic E-state index is 0.135. The van der Waals surface area contributed by atoms with E-state index in [9.17, 15) is 4.79 Å². The molecular formula is C14H24N4O. The molecule has 5 nitrogen and oxygen atoms in total. The van der Waals surface area contributed by atoms with E-state index >= 15 is 0 Å². The summed E-state index contributed by atoms with van der Waals surface area (Å²) < 4.78 is 0. The van der Waals surface area contributed by atoms with E-state index in [-0.39, 0.29) is 11.9 Å². The van der Waals surface area contributed by atoms with E-state index in [2.05, 4.69) is 22.7 Å². The van der Waals surface area contributed by atoms with Crippen LogP contribution in [-0.2, 0) is 0 Å². The van der Waals surface area contributed by atoms with Gasteiger partial charge in [0.25, 0.3) is 5.91 Å². The molecule has 0 aromatic carbocycles. The predicted molar refractivity (Wildman–Crippen MR) is 77.7 cm³/mol. The molecule has 0 aliphatic carbocycles. The molecule has 5 heteroatoms. The number of hydrazine groups is 1. The van der Waals surface area contributed by atoms with Gasteiger partial charge in [0.05, 0.1) is 5.56 Å².